The van der Waals surface area contributed by atoms with E-state index in [4.69, 9.17) is 0 Å². The molecule has 0 aliphatic carbocycles. The van der Waals surface area contributed by atoms with Crippen LogP contribution in [0.1, 0.15) is 13.8 Å². The van der Waals surface area contributed by atoms with E-state index < -0.39 is 0 Å². The van der Waals surface area contributed by atoms with Crippen LogP contribution in [0.15, 0.2) is 16.8 Å². The van der Waals surface area contributed by atoms with E-state index in [-0.39, 0.29) is 5.78 Å². The molecule has 0 saturated heterocycles. The van der Waals surface area contributed by atoms with Crippen molar-refractivity contribution in [2.75, 3.05) is 0 Å². The third-order valence-electron chi connectivity index (χ3n) is 1.18. The molecule has 1 radical (unpaired) electrons. The largest absolute Gasteiger partial charge is 0.292 e. The fourth-order valence-corrected chi connectivity index (χ4v) is 0.674. The summed E-state index contributed by atoms with van der Waals surface area (Å²) in [7, 11) is 0. The van der Waals surface area contributed by atoms with E-state index in [1.807, 2.05) is 6.92 Å². The molecule has 9 heavy (non-hydrogen) atoms. The number of aliphatic imine (C=N–C) groups is 1. The molecule has 1 heterocycles. The summed E-state index contributed by atoms with van der Waals surface area (Å²) in [6, 6.07) is 0. The Kier molecular flexibility index (Phi) is 1.47. The van der Waals surface area contributed by atoms with Crippen LogP contribution in [-0.2, 0) is 4.79 Å². The summed E-state index contributed by atoms with van der Waals surface area (Å²) in [5.41, 5.74) is 1.47. The second-order valence-electron chi connectivity index (χ2n) is 2.04. The van der Waals surface area contributed by atoms with Crippen molar-refractivity contribution in [1.82, 2.24) is 0 Å². The molecule has 0 fully saturated rings. The summed E-state index contributed by atoms with van der Waals surface area (Å²) in [4.78, 5) is 14.7. The maximum absolute atomic E-state index is 10.7. The van der Waals surface area contributed by atoms with Crippen LogP contribution in [0, 0.1) is 6.42 Å². The van der Waals surface area contributed by atoms with Crippen molar-refractivity contribution in [2.24, 2.45) is 4.99 Å². The summed E-state index contributed by atoms with van der Waals surface area (Å²) in [5.74, 6) is 0.0144. The number of carbonyl (C=O) groups excluding carboxylic acids is 1. The minimum Gasteiger partial charge on any atom is -0.292 e. The second kappa shape index (κ2) is 2.13. The van der Waals surface area contributed by atoms with Gasteiger partial charge in [0.2, 0.25) is 0 Å². The number of carbonyl (C=O) groups is 1. The van der Waals surface area contributed by atoms with Gasteiger partial charge in [0.05, 0.1) is 12.1 Å². The van der Waals surface area contributed by atoms with Gasteiger partial charge in [0.1, 0.15) is 0 Å². The Labute approximate surface area is 54.3 Å². The molecule has 47 valence electrons. The van der Waals surface area contributed by atoms with Crippen molar-refractivity contribution in [1.29, 1.82) is 0 Å². The third-order valence-corrected chi connectivity index (χ3v) is 1.18. The molecule has 0 bridgehead atoms. The number of Topliss-reactive ketones (excluding diaryl/α,β-unsaturated/α-hetero) is 1. The second-order valence-corrected chi connectivity index (χ2v) is 2.04. The van der Waals surface area contributed by atoms with E-state index in [0.717, 1.165) is 5.70 Å². The molecule has 0 aromatic rings. The fourth-order valence-electron chi connectivity index (χ4n) is 0.674. The minimum atomic E-state index is 0.0144. The van der Waals surface area contributed by atoms with Crippen molar-refractivity contribution in [3.8, 4) is 0 Å². The van der Waals surface area contributed by atoms with Crippen LogP contribution in [0.25, 0.3) is 0 Å². The Morgan fingerprint density at radius 2 is 2.11 bits per heavy atom. The van der Waals surface area contributed by atoms with E-state index in [2.05, 4.69) is 4.99 Å². The molecule has 0 amide bonds. The molecular weight excluding hydrogens is 114 g/mol. The van der Waals surface area contributed by atoms with Gasteiger partial charge in [-0.05, 0) is 13.8 Å². The molecule has 0 saturated carbocycles. The number of ketones is 1. The summed E-state index contributed by atoms with van der Waals surface area (Å²) >= 11 is 0. The number of hydrogen-bond acceptors (Lipinski definition) is 2. The van der Waals surface area contributed by atoms with Crippen molar-refractivity contribution < 1.29 is 4.79 Å². The zero-order chi connectivity index (χ0) is 6.85. The molecular formula is C7H8NO. The first kappa shape index (κ1) is 6.20. The number of nitrogens with zero attached hydrogens (tertiary/aromatic N) is 1. The van der Waals surface area contributed by atoms with Gasteiger partial charge in [-0.3, -0.25) is 9.79 Å². The number of hydrogen-bond donors (Lipinski definition) is 0. The zero-order valence-electron chi connectivity index (χ0n) is 5.51. The molecule has 2 nitrogen and oxygen atoms in total. The van der Waals surface area contributed by atoms with E-state index in [9.17, 15) is 4.79 Å². The van der Waals surface area contributed by atoms with Crippen LogP contribution in [0.3, 0.4) is 0 Å². The average Bonchev–Trinajstić information content (AvgIpc) is 1.80. The molecule has 2 heteroatoms. The summed E-state index contributed by atoms with van der Waals surface area (Å²) in [6.07, 6.45) is 3.26. The van der Waals surface area contributed by atoms with Crippen LogP contribution < -0.4 is 0 Å². The van der Waals surface area contributed by atoms with Gasteiger partial charge in [0.25, 0.3) is 0 Å². The molecule has 1 aliphatic rings. The van der Waals surface area contributed by atoms with E-state index >= 15 is 0 Å². The van der Waals surface area contributed by atoms with Gasteiger partial charge < -0.3 is 0 Å². The topological polar surface area (TPSA) is 29.4 Å². The smallest absolute Gasteiger partial charge is 0.184 e. The predicted molar refractivity (Wildman–Crippen MR) is 36.2 cm³/mol. The highest BCUT2D eigenvalue weighted by Crippen LogP contribution is 2.04. The summed E-state index contributed by atoms with van der Waals surface area (Å²) in [5, 5.41) is 0. The molecule has 0 unspecified atom stereocenters. The normalized spacial score (nSPS) is 19.1. The maximum atomic E-state index is 10.7. The molecule has 0 N–H and O–H groups in total. The van der Waals surface area contributed by atoms with Crippen molar-refractivity contribution >= 4 is 11.5 Å². The Hall–Kier alpha value is -0.920. The van der Waals surface area contributed by atoms with Crippen LogP contribution in [0.5, 0.6) is 0 Å². The van der Waals surface area contributed by atoms with Crippen LogP contribution in [0.4, 0.5) is 0 Å². The first-order chi connectivity index (χ1) is 4.20. The number of allylic oxidation sites excluding steroid dienone is 2. The third kappa shape index (κ3) is 1.25. The first-order valence-corrected chi connectivity index (χ1v) is 2.81. The molecule has 0 aromatic carbocycles. The lowest BCUT2D eigenvalue weighted by atomic mass is 10.1. The molecule has 1 aliphatic heterocycles. The van der Waals surface area contributed by atoms with Gasteiger partial charge in [0.15, 0.2) is 5.78 Å². The first-order valence-electron chi connectivity index (χ1n) is 2.81. The summed E-state index contributed by atoms with van der Waals surface area (Å²) in [6.45, 7) is 3.59. The SMILES string of the molecule is CC1=C[CH]C(=O)C(C)=N1. The number of rotatable bonds is 0. The standard InChI is InChI=1S/C7H8NO/c1-5-3-4-7(9)6(2)8-5/h3-4H,1-2H3. The van der Waals surface area contributed by atoms with E-state index in [0.29, 0.717) is 5.71 Å². The predicted octanol–water partition coefficient (Wildman–Crippen LogP) is 1.14. The monoisotopic (exact) mass is 122 g/mol. The van der Waals surface area contributed by atoms with Crippen molar-refractivity contribution in [2.45, 2.75) is 13.8 Å². The van der Waals surface area contributed by atoms with Crippen LogP contribution >= 0.6 is 0 Å². The van der Waals surface area contributed by atoms with Gasteiger partial charge in [-0.15, -0.1) is 0 Å². The van der Waals surface area contributed by atoms with Gasteiger partial charge in [-0.25, -0.2) is 0 Å². The molecule has 0 spiro atoms. The lowest BCUT2D eigenvalue weighted by molar-refractivity contribution is -0.109. The quantitative estimate of drug-likeness (QED) is 0.473. The Morgan fingerprint density at radius 1 is 1.44 bits per heavy atom. The van der Waals surface area contributed by atoms with Crippen molar-refractivity contribution in [3.63, 3.8) is 0 Å². The highest BCUT2D eigenvalue weighted by Gasteiger charge is 2.08. The molecule has 0 aromatic heterocycles. The lowest BCUT2D eigenvalue weighted by Crippen LogP contribution is -2.12. The van der Waals surface area contributed by atoms with E-state index in [1.54, 1.807) is 13.0 Å². The Bertz CT molecular complexity index is 201. The van der Waals surface area contributed by atoms with Crippen LogP contribution in [0.2, 0.25) is 0 Å². The van der Waals surface area contributed by atoms with Crippen molar-refractivity contribution in [3.05, 3.63) is 18.2 Å². The summed E-state index contributed by atoms with van der Waals surface area (Å²) < 4.78 is 0. The average molecular weight is 122 g/mol. The Morgan fingerprint density at radius 3 is 2.56 bits per heavy atom. The molecule has 0 atom stereocenters. The molecule has 1 rings (SSSR count). The van der Waals surface area contributed by atoms with Crippen LogP contribution in [-0.4, -0.2) is 11.5 Å². The highest BCUT2D eigenvalue weighted by atomic mass is 16.1. The minimum absolute atomic E-state index is 0.0144. The highest BCUT2D eigenvalue weighted by molar-refractivity contribution is 6.43. The maximum Gasteiger partial charge on any atom is 0.184 e. The van der Waals surface area contributed by atoms with Gasteiger partial charge >= 0.3 is 0 Å². The lowest BCUT2D eigenvalue weighted by Gasteiger charge is -2.02. The van der Waals surface area contributed by atoms with Gasteiger partial charge in [-0.1, -0.05) is 6.08 Å². The van der Waals surface area contributed by atoms with Gasteiger partial charge in [0, 0.05) is 5.70 Å². The fraction of sp³-hybridized carbons (Fsp3) is 0.286. The van der Waals surface area contributed by atoms with E-state index in [1.165, 1.54) is 6.42 Å². The Balaban J connectivity index is 2.87. The van der Waals surface area contributed by atoms with Gasteiger partial charge in [-0.2, -0.15) is 0 Å². The zero-order valence-corrected chi connectivity index (χ0v) is 5.51.